The minimum Gasteiger partial charge on any atom is -0.479 e. The van der Waals surface area contributed by atoms with Crippen molar-refractivity contribution in [1.29, 1.82) is 0 Å². The van der Waals surface area contributed by atoms with Crippen LogP contribution in [-0.2, 0) is 11.3 Å². The number of unbranched alkanes of at least 4 members (excludes halogenated alkanes) is 2. The lowest BCUT2D eigenvalue weighted by Crippen LogP contribution is -2.36. The number of nitrogens with zero attached hydrogens (tertiary/aromatic N) is 1. The van der Waals surface area contributed by atoms with E-state index in [1.165, 1.54) is 0 Å². The number of pyridine rings is 1. The Hall–Kier alpha value is -1.62. The van der Waals surface area contributed by atoms with E-state index in [4.69, 9.17) is 4.74 Å². The number of amides is 1. The van der Waals surface area contributed by atoms with E-state index in [1.54, 1.807) is 13.1 Å². The van der Waals surface area contributed by atoms with Crippen LogP contribution in [0.25, 0.3) is 0 Å². The van der Waals surface area contributed by atoms with Gasteiger partial charge in [-0.05, 0) is 32.0 Å². The highest BCUT2D eigenvalue weighted by Crippen LogP contribution is 2.11. The highest BCUT2D eigenvalue weighted by molar-refractivity contribution is 5.80. The van der Waals surface area contributed by atoms with E-state index >= 15 is 0 Å². The van der Waals surface area contributed by atoms with Crippen LogP contribution >= 0.6 is 0 Å². The molecule has 0 radical (unpaired) electrons. The first-order chi connectivity index (χ1) is 10.2. The number of ether oxygens (including phenoxy) is 1. The van der Waals surface area contributed by atoms with Gasteiger partial charge in [0.05, 0.1) is 11.9 Å². The normalized spacial score (nSPS) is 12.0. The summed E-state index contributed by atoms with van der Waals surface area (Å²) >= 11 is 0. The van der Waals surface area contributed by atoms with Gasteiger partial charge in [-0.1, -0.05) is 26.7 Å². The maximum atomic E-state index is 11.9. The molecule has 0 aliphatic heterocycles. The van der Waals surface area contributed by atoms with Crippen molar-refractivity contribution >= 4 is 5.91 Å². The number of carbonyl (C=O) groups is 1. The summed E-state index contributed by atoms with van der Waals surface area (Å²) in [5.41, 5.74) is 0.959. The largest absolute Gasteiger partial charge is 0.479 e. The molecule has 118 valence electrons. The number of aromatic nitrogens is 1. The van der Waals surface area contributed by atoms with Gasteiger partial charge in [0, 0.05) is 13.1 Å². The number of hydrogen-bond acceptors (Lipinski definition) is 4. The monoisotopic (exact) mass is 293 g/mol. The first-order valence-electron chi connectivity index (χ1n) is 7.77. The van der Waals surface area contributed by atoms with Gasteiger partial charge >= 0.3 is 0 Å². The van der Waals surface area contributed by atoms with Crippen LogP contribution in [0, 0.1) is 0 Å². The molecular weight excluding hydrogens is 266 g/mol. The predicted octanol–water partition coefficient (Wildman–Crippen LogP) is 2.26. The molecule has 1 rings (SSSR count). The molecule has 21 heavy (non-hydrogen) atoms. The molecule has 0 aliphatic rings. The summed E-state index contributed by atoms with van der Waals surface area (Å²) in [5, 5.41) is 6.09. The van der Waals surface area contributed by atoms with Crippen molar-refractivity contribution in [3.8, 4) is 5.75 Å². The SMILES string of the molecule is CCCCCNC(=O)C(C)Oc1ccc(CNCC)nc1. The topological polar surface area (TPSA) is 63.2 Å². The molecule has 5 nitrogen and oxygen atoms in total. The van der Waals surface area contributed by atoms with Crippen LogP contribution in [0.15, 0.2) is 18.3 Å². The average Bonchev–Trinajstić information content (AvgIpc) is 2.50. The molecule has 0 aromatic carbocycles. The molecule has 2 N–H and O–H groups in total. The molecule has 1 aromatic rings. The second-order valence-corrected chi connectivity index (χ2v) is 5.02. The minimum atomic E-state index is -0.506. The Kier molecular flexibility index (Phi) is 8.43. The summed E-state index contributed by atoms with van der Waals surface area (Å²) in [6, 6.07) is 3.75. The van der Waals surface area contributed by atoms with Gasteiger partial charge in [0.2, 0.25) is 0 Å². The van der Waals surface area contributed by atoms with E-state index in [0.717, 1.165) is 38.0 Å². The molecule has 0 spiro atoms. The minimum absolute atomic E-state index is 0.0807. The second kappa shape index (κ2) is 10.2. The predicted molar refractivity (Wildman–Crippen MR) is 84.2 cm³/mol. The lowest BCUT2D eigenvalue weighted by Gasteiger charge is -2.14. The zero-order valence-electron chi connectivity index (χ0n) is 13.3. The third kappa shape index (κ3) is 7.09. The first kappa shape index (κ1) is 17.4. The smallest absolute Gasteiger partial charge is 0.260 e. The van der Waals surface area contributed by atoms with Crippen molar-refractivity contribution < 1.29 is 9.53 Å². The maximum absolute atomic E-state index is 11.9. The van der Waals surface area contributed by atoms with E-state index in [2.05, 4.69) is 29.5 Å². The van der Waals surface area contributed by atoms with Crippen LogP contribution in [0.3, 0.4) is 0 Å². The van der Waals surface area contributed by atoms with Crippen molar-refractivity contribution in [2.75, 3.05) is 13.1 Å². The number of carbonyl (C=O) groups excluding carboxylic acids is 1. The van der Waals surface area contributed by atoms with Crippen LogP contribution < -0.4 is 15.4 Å². The Morgan fingerprint density at radius 1 is 1.33 bits per heavy atom. The van der Waals surface area contributed by atoms with Gasteiger partial charge in [0.1, 0.15) is 5.75 Å². The molecule has 1 aromatic heterocycles. The van der Waals surface area contributed by atoms with E-state index < -0.39 is 6.10 Å². The maximum Gasteiger partial charge on any atom is 0.260 e. The van der Waals surface area contributed by atoms with Gasteiger partial charge in [-0.3, -0.25) is 9.78 Å². The molecule has 0 saturated heterocycles. The van der Waals surface area contributed by atoms with Crippen molar-refractivity contribution in [3.63, 3.8) is 0 Å². The Morgan fingerprint density at radius 3 is 2.76 bits per heavy atom. The van der Waals surface area contributed by atoms with Gasteiger partial charge in [-0.25, -0.2) is 0 Å². The third-order valence-corrected chi connectivity index (χ3v) is 3.12. The van der Waals surface area contributed by atoms with Gasteiger partial charge in [-0.2, -0.15) is 0 Å². The highest BCUT2D eigenvalue weighted by Gasteiger charge is 2.13. The fourth-order valence-electron chi connectivity index (χ4n) is 1.83. The number of rotatable bonds is 10. The quantitative estimate of drug-likeness (QED) is 0.650. The molecule has 1 amide bonds. The van der Waals surface area contributed by atoms with Gasteiger partial charge < -0.3 is 15.4 Å². The molecular formula is C16H27N3O2. The van der Waals surface area contributed by atoms with Crippen LogP contribution in [0.4, 0.5) is 0 Å². The summed E-state index contributed by atoms with van der Waals surface area (Å²) in [6.07, 6.45) is 4.44. The number of hydrogen-bond donors (Lipinski definition) is 2. The van der Waals surface area contributed by atoms with Crippen LogP contribution in [-0.4, -0.2) is 30.1 Å². The summed E-state index contributed by atoms with van der Waals surface area (Å²) in [7, 11) is 0. The van der Waals surface area contributed by atoms with Crippen LogP contribution in [0.1, 0.15) is 45.7 Å². The molecule has 0 bridgehead atoms. The van der Waals surface area contributed by atoms with Crippen molar-refractivity contribution in [2.45, 2.75) is 52.7 Å². The van der Waals surface area contributed by atoms with Gasteiger partial charge in [-0.15, -0.1) is 0 Å². The van der Waals surface area contributed by atoms with E-state index in [0.29, 0.717) is 12.3 Å². The molecule has 1 atom stereocenters. The van der Waals surface area contributed by atoms with Crippen molar-refractivity contribution in [3.05, 3.63) is 24.0 Å². The average molecular weight is 293 g/mol. The molecule has 0 aliphatic carbocycles. The lowest BCUT2D eigenvalue weighted by molar-refractivity contribution is -0.127. The third-order valence-electron chi connectivity index (χ3n) is 3.12. The fourth-order valence-corrected chi connectivity index (χ4v) is 1.83. The molecule has 5 heteroatoms. The Bertz CT molecular complexity index is 406. The Labute approximate surface area is 127 Å². The standard InChI is InChI=1S/C16H27N3O2/c1-4-6-7-10-18-16(20)13(3)21-15-9-8-14(19-12-15)11-17-5-2/h8-9,12-13,17H,4-7,10-11H2,1-3H3,(H,18,20). The Balaban J connectivity index is 2.35. The van der Waals surface area contributed by atoms with Gasteiger partial charge in [0.15, 0.2) is 6.10 Å². The molecule has 0 saturated carbocycles. The zero-order chi connectivity index (χ0) is 15.5. The molecule has 1 unspecified atom stereocenters. The first-order valence-corrected chi connectivity index (χ1v) is 7.77. The van der Waals surface area contributed by atoms with E-state index in [9.17, 15) is 4.79 Å². The van der Waals surface area contributed by atoms with Crippen molar-refractivity contribution in [1.82, 2.24) is 15.6 Å². The number of nitrogens with one attached hydrogen (secondary N) is 2. The summed E-state index contributed by atoms with van der Waals surface area (Å²) in [6.45, 7) is 8.31. The van der Waals surface area contributed by atoms with Crippen molar-refractivity contribution in [2.24, 2.45) is 0 Å². The molecule has 1 heterocycles. The van der Waals surface area contributed by atoms with E-state index in [1.807, 2.05) is 12.1 Å². The zero-order valence-corrected chi connectivity index (χ0v) is 13.3. The Morgan fingerprint density at radius 2 is 2.14 bits per heavy atom. The summed E-state index contributed by atoms with van der Waals surface area (Å²) in [4.78, 5) is 16.1. The second-order valence-electron chi connectivity index (χ2n) is 5.02. The van der Waals surface area contributed by atoms with E-state index in [-0.39, 0.29) is 5.91 Å². The summed E-state index contributed by atoms with van der Waals surface area (Å²) < 4.78 is 5.60. The molecule has 0 fully saturated rings. The lowest BCUT2D eigenvalue weighted by atomic mass is 10.2. The highest BCUT2D eigenvalue weighted by atomic mass is 16.5. The fraction of sp³-hybridized carbons (Fsp3) is 0.625. The van der Waals surface area contributed by atoms with Crippen LogP contribution in [0.5, 0.6) is 5.75 Å². The summed E-state index contributed by atoms with van der Waals surface area (Å²) in [5.74, 6) is 0.536. The van der Waals surface area contributed by atoms with Gasteiger partial charge in [0.25, 0.3) is 5.91 Å². The van der Waals surface area contributed by atoms with Crippen LogP contribution in [0.2, 0.25) is 0 Å².